The molecule has 4 aromatic rings. The first-order valence-electron chi connectivity index (χ1n) is 10.9. The molecule has 2 aromatic heterocycles. The molecule has 5 rings (SSSR count). The number of nitrogens with one attached hydrogen (secondary N) is 1. The first kappa shape index (κ1) is 23.0. The number of anilines is 1. The van der Waals surface area contributed by atoms with Gasteiger partial charge in [0.15, 0.2) is 4.80 Å². The maximum atomic E-state index is 13.2. The fourth-order valence-electron chi connectivity index (χ4n) is 3.91. The average molecular weight is 493 g/mol. The molecule has 1 aliphatic heterocycles. The normalized spacial score (nSPS) is 15.7. The van der Waals surface area contributed by atoms with E-state index in [1.54, 1.807) is 11.1 Å². The molecule has 2 aromatic carbocycles. The van der Waals surface area contributed by atoms with Gasteiger partial charge in [0.2, 0.25) is 0 Å². The highest BCUT2D eigenvalue weighted by Crippen LogP contribution is 2.28. The van der Waals surface area contributed by atoms with E-state index < -0.39 is 5.92 Å². The Hall–Kier alpha value is -3.76. The van der Waals surface area contributed by atoms with Crippen molar-refractivity contribution < 1.29 is 13.6 Å². The number of amides is 1. The number of halogens is 2. The number of para-hydroxylation sites is 3. The molecule has 3 heterocycles. The summed E-state index contributed by atoms with van der Waals surface area (Å²) >= 11 is 1.42. The predicted molar refractivity (Wildman–Crippen MR) is 132 cm³/mol. The van der Waals surface area contributed by atoms with E-state index in [9.17, 15) is 13.6 Å². The summed E-state index contributed by atoms with van der Waals surface area (Å²) < 4.78 is 28.2. The quantitative estimate of drug-likeness (QED) is 0.415. The van der Waals surface area contributed by atoms with Gasteiger partial charge in [-0.3, -0.25) is 24.2 Å². The molecular formula is C25H22F2N6OS. The molecule has 0 bridgehead atoms. The maximum absolute atomic E-state index is 13.2. The summed E-state index contributed by atoms with van der Waals surface area (Å²) in [4.78, 5) is 28.6. The third-order valence-corrected chi connectivity index (χ3v) is 6.55. The first-order valence-corrected chi connectivity index (χ1v) is 11.8. The molecule has 0 aliphatic carbocycles. The van der Waals surface area contributed by atoms with E-state index in [4.69, 9.17) is 4.99 Å². The Morgan fingerprint density at radius 3 is 2.69 bits per heavy atom. The number of alkyl halides is 2. The highest BCUT2D eigenvalue weighted by Gasteiger charge is 2.43. The van der Waals surface area contributed by atoms with Crippen LogP contribution in [-0.4, -0.2) is 44.4 Å². The van der Waals surface area contributed by atoms with Crippen LogP contribution in [0.1, 0.15) is 21.7 Å². The molecule has 1 aliphatic rings. The van der Waals surface area contributed by atoms with E-state index >= 15 is 0 Å². The minimum Gasteiger partial charge on any atom is -0.320 e. The Labute approximate surface area is 204 Å². The van der Waals surface area contributed by atoms with Gasteiger partial charge in [-0.1, -0.05) is 36.9 Å². The number of carbonyl (C=O) groups is 1. The highest BCUT2D eigenvalue weighted by molar-refractivity contribution is 7.07. The van der Waals surface area contributed by atoms with Gasteiger partial charge in [-0.2, -0.15) is 0 Å². The van der Waals surface area contributed by atoms with Crippen molar-refractivity contribution in [2.24, 2.45) is 4.99 Å². The monoisotopic (exact) mass is 492 g/mol. The lowest BCUT2D eigenvalue weighted by Gasteiger charge is -2.38. The number of fused-ring (bicyclic) bond motifs is 1. The van der Waals surface area contributed by atoms with Crippen LogP contribution >= 0.6 is 11.3 Å². The Morgan fingerprint density at radius 2 is 1.91 bits per heavy atom. The second kappa shape index (κ2) is 9.47. The third kappa shape index (κ3) is 5.03. The van der Waals surface area contributed by atoms with Crippen molar-refractivity contribution in [1.29, 1.82) is 0 Å². The molecule has 35 heavy (non-hydrogen) atoms. The van der Waals surface area contributed by atoms with E-state index in [0.29, 0.717) is 29.1 Å². The van der Waals surface area contributed by atoms with Crippen LogP contribution in [0.15, 0.2) is 71.7 Å². The topological polar surface area (TPSA) is 75.4 Å². The molecule has 1 saturated heterocycles. The van der Waals surface area contributed by atoms with E-state index in [0.717, 1.165) is 16.8 Å². The van der Waals surface area contributed by atoms with E-state index in [1.165, 1.54) is 17.5 Å². The summed E-state index contributed by atoms with van der Waals surface area (Å²) in [6.07, 6.45) is 3.09. The minimum atomic E-state index is -2.60. The highest BCUT2D eigenvalue weighted by atomic mass is 32.1. The number of nitrogens with zero attached hydrogens (tertiary/aromatic N) is 5. The number of aromatic nitrogens is 3. The van der Waals surface area contributed by atoms with Gasteiger partial charge in [0, 0.05) is 29.5 Å². The molecule has 0 unspecified atom stereocenters. The van der Waals surface area contributed by atoms with Crippen LogP contribution in [0.2, 0.25) is 0 Å². The Bertz CT molecular complexity index is 1470. The van der Waals surface area contributed by atoms with Crippen molar-refractivity contribution in [3.8, 4) is 0 Å². The molecule has 0 saturated carbocycles. The van der Waals surface area contributed by atoms with Gasteiger partial charge in [-0.05, 0) is 23.8 Å². The number of hydrogen-bond donors (Lipinski definition) is 1. The molecule has 10 heteroatoms. The van der Waals surface area contributed by atoms with Crippen LogP contribution in [0.3, 0.4) is 0 Å². The summed E-state index contributed by atoms with van der Waals surface area (Å²) in [6.45, 7) is 4.10. The van der Waals surface area contributed by atoms with Crippen LogP contribution in [0, 0.1) is 0 Å². The summed E-state index contributed by atoms with van der Waals surface area (Å²) in [6, 6.07) is 14.8. The molecule has 1 N–H and O–H groups in total. The van der Waals surface area contributed by atoms with Gasteiger partial charge in [-0.25, -0.2) is 13.8 Å². The van der Waals surface area contributed by atoms with Gasteiger partial charge in [0.05, 0.1) is 36.9 Å². The zero-order chi connectivity index (χ0) is 24.4. The number of rotatable bonds is 7. The standard InChI is InChI=1S/C25H22F2N6OS/c1-2-33-18(13-32-15-25(26,27)16-32)14-35-24(33)29-11-17-7-3-4-8-19(17)31-23(34)22-12-28-20-9-5-6-10-21(20)30-22/h2-10,12,14H,1,11,13,15-16H2,(H,31,34). The molecule has 1 amide bonds. The van der Waals surface area contributed by atoms with E-state index in [1.807, 2.05) is 58.5 Å². The van der Waals surface area contributed by atoms with E-state index in [2.05, 4.69) is 21.9 Å². The molecule has 178 valence electrons. The summed E-state index contributed by atoms with van der Waals surface area (Å²) in [7, 11) is 0. The Balaban J connectivity index is 1.33. The lowest BCUT2D eigenvalue weighted by molar-refractivity contribution is -0.134. The van der Waals surface area contributed by atoms with Crippen LogP contribution in [0.25, 0.3) is 17.2 Å². The summed E-state index contributed by atoms with van der Waals surface area (Å²) in [5.74, 6) is -2.96. The van der Waals surface area contributed by atoms with Gasteiger partial charge in [-0.15, -0.1) is 11.3 Å². The fraction of sp³-hybridized carbons (Fsp3) is 0.200. The number of hydrogen-bond acceptors (Lipinski definition) is 6. The van der Waals surface area contributed by atoms with Crippen molar-refractivity contribution in [2.45, 2.75) is 19.0 Å². The zero-order valence-electron chi connectivity index (χ0n) is 18.7. The summed E-state index contributed by atoms with van der Waals surface area (Å²) in [5, 5.41) is 4.81. The smallest absolute Gasteiger partial charge is 0.275 e. The number of likely N-dealkylation sites (tertiary alicyclic amines) is 1. The second-order valence-electron chi connectivity index (χ2n) is 8.23. The number of carbonyl (C=O) groups excluding carboxylic acids is 1. The fourth-order valence-corrected chi connectivity index (χ4v) is 4.79. The molecule has 7 nitrogen and oxygen atoms in total. The van der Waals surface area contributed by atoms with Crippen molar-refractivity contribution in [3.05, 3.63) is 88.4 Å². The Morgan fingerprint density at radius 1 is 1.17 bits per heavy atom. The molecule has 1 fully saturated rings. The lowest BCUT2D eigenvalue weighted by Crippen LogP contribution is -2.55. The Kier molecular flexibility index (Phi) is 6.23. The predicted octanol–water partition coefficient (Wildman–Crippen LogP) is 4.40. The van der Waals surface area contributed by atoms with Gasteiger partial charge in [0.25, 0.3) is 11.8 Å². The molecular weight excluding hydrogens is 470 g/mol. The van der Waals surface area contributed by atoms with Crippen molar-refractivity contribution in [2.75, 3.05) is 18.4 Å². The van der Waals surface area contributed by atoms with Crippen molar-refractivity contribution in [3.63, 3.8) is 0 Å². The van der Waals surface area contributed by atoms with Crippen LogP contribution in [-0.2, 0) is 13.1 Å². The lowest BCUT2D eigenvalue weighted by atomic mass is 10.1. The first-order chi connectivity index (χ1) is 16.9. The maximum Gasteiger partial charge on any atom is 0.275 e. The van der Waals surface area contributed by atoms with Crippen molar-refractivity contribution in [1.82, 2.24) is 19.4 Å². The largest absolute Gasteiger partial charge is 0.320 e. The zero-order valence-corrected chi connectivity index (χ0v) is 19.5. The van der Waals surface area contributed by atoms with Crippen LogP contribution in [0.4, 0.5) is 14.5 Å². The summed E-state index contributed by atoms with van der Waals surface area (Å²) in [5.41, 5.74) is 3.89. The van der Waals surface area contributed by atoms with Gasteiger partial charge >= 0.3 is 0 Å². The van der Waals surface area contributed by atoms with E-state index in [-0.39, 0.29) is 24.7 Å². The molecule has 0 atom stereocenters. The second-order valence-corrected chi connectivity index (χ2v) is 9.07. The van der Waals surface area contributed by atoms with Gasteiger partial charge in [0.1, 0.15) is 5.69 Å². The van der Waals surface area contributed by atoms with Crippen molar-refractivity contribution >= 4 is 40.2 Å². The molecule has 0 radical (unpaired) electrons. The van der Waals surface area contributed by atoms with Gasteiger partial charge < -0.3 is 5.32 Å². The minimum absolute atomic E-state index is 0.222. The SMILES string of the molecule is C=Cn1c(CN2CC(F)(F)C2)csc1=NCc1ccccc1NC(=O)c1cnc2ccccc2n1. The number of thiazole rings is 1. The van der Waals surface area contributed by atoms with Crippen LogP contribution in [0.5, 0.6) is 0 Å². The number of benzene rings is 2. The van der Waals surface area contributed by atoms with Crippen LogP contribution < -0.4 is 10.1 Å². The third-order valence-electron chi connectivity index (χ3n) is 5.63. The average Bonchev–Trinajstić information content (AvgIpc) is 3.23. The molecule has 0 spiro atoms.